The molecule has 0 radical (unpaired) electrons. The number of piperazine rings is 1. The van der Waals surface area contributed by atoms with Gasteiger partial charge in [0.2, 0.25) is 10.0 Å². The minimum Gasteiger partial charge on any atom is -0.381 e. The SMILES string of the molecule is Cl.Cl.O=C(NO)C1(S(=O)(=O)N2CCN(c3ccc(-c4cccnc4)c(F)c3)CC2)CCOCC1. The zero-order valence-corrected chi connectivity index (χ0v) is 20.7. The Balaban J connectivity index is 0.00000204. The number of sulfonamides is 1. The summed E-state index contributed by atoms with van der Waals surface area (Å²) in [6.45, 7) is 1.23. The number of hydroxylamine groups is 1. The van der Waals surface area contributed by atoms with Gasteiger partial charge < -0.3 is 9.64 Å². The van der Waals surface area contributed by atoms with Gasteiger partial charge in [0.25, 0.3) is 5.91 Å². The minimum absolute atomic E-state index is 0. The molecule has 0 bridgehead atoms. The zero-order chi connectivity index (χ0) is 22.8. The lowest BCUT2D eigenvalue weighted by Crippen LogP contribution is -2.62. The van der Waals surface area contributed by atoms with Crippen molar-refractivity contribution in [2.24, 2.45) is 0 Å². The van der Waals surface area contributed by atoms with Gasteiger partial charge in [-0.05, 0) is 24.3 Å². The number of aromatic nitrogens is 1. The Bertz CT molecular complexity index is 1080. The van der Waals surface area contributed by atoms with Crippen LogP contribution in [0.3, 0.4) is 0 Å². The first kappa shape index (κ1) is 28.2. The molecule has 0 atom stereocenters. The van der Waals surface area contributed by atoms with Crippen LogP contribution in [0.25, 0.3) is 11.1 Å². The topological polar surface area (TPSA) is 112 Å². The third-order valence-corrected chi connectivity index (χ3v) is 8.80. The van der Waals surface area contributed by atoms with E-state index in [1.54, 1.807) is 36.7 Å². The first-order valence-electron chi connectivity index (χ1n) is 10.4. The van der Waals surface area contributed by atoms with Crippen molar-refractivity contribution in [2.45, 2.75) is 17.6 Å². The van der Waals surface area contributed by atoms with Crippen molar-refractivity contribution in [2.75, 3.05) is 44.3 Å². The largest absolute Gasteiger partial charge is 0.381 e. The molecular weight excluding hydrogens is 510 g/mol. The molecule has 3 heterocycles. The van der Waals surface area contributed by atoms with Gasteiger partial charge in [-0.3, -0.25) is 15.0 Å². The normalized spacial score (nSPS) is 18.4. The molecule has 2 aliphatic rings. The van der Waals surface area contributed by atoms with Crippen molar-refractivity contribution in [1.29, 1.82) is 0 Å². The lowest BCUT2D eigenvalue weighted by molar-refractivity contribution is -0.134. The summed E-state index contributed by atoms with van der Waals surface area (Å²) in [5.74, 6) is -1.32. The number of hydrogen-bond donors (Lipinski definition) is 2. The van der Waals surface area contributed by atoms with E-state index < -0.39 is 20.7 Å². The molecule has 2 aromatic rings. The van der Waals surface area contributed by atoms with Crippen molar-refractivity contribution in [1.82, 2.24) is 14.8 Å². The van der Waals surface area contributed by atoms with Crippen LogP contribution < -0.4 is 10.4 Å². The Labute approximate surface area is 210 Å². The summed E-state index contributed by atoms with van der Waals surface area (Å²) in [6.07, 6.45) is 3.17. The van der Waals surface area contributed by atoms with Crippen molar-refractivity contribution in [3.05, 3.63) is 48.5 Å². The van der Waals surface area contributed by atoms with Crippen LogP contribution in [-0.4, -0.2) is 73.0 Å². The van der Waals surface area contributed by atoms with Gasteiger partial charge in [0.1, 0.15) is 5.82 Å². The van der Waals surface area contributed by atoms with Gasteiger partial charge in [-0.2, -0.15) is 4.31 Å². The lowest BCUT2D eigenvalue weighted by atomic mass is 9.98. The summed E-state index contributed by atoms with van der Waals surface area (Å²) in [4.78, 5) is 18.3. The molecule has 0 saturated carbocycles. The number of nitrogens with one attached hydrogen (secondary N) is 1. The molecule has 2 saturated heterocycles. The average Bonchev–Trinajstić information content (AvgIpc) is 2.84. The van der Waals surface area contributed by atoms with Crippen LogP contribution in [0.15, 0.2) is 42.7 Å². The molecule has 2 aliphatic heterocycles. The van der Waals surface area contributed by atoms with Gasteiger partial charge in [0.05, 0.1) is 0 Å². The Morgan fingerprint density at radius 3 is 2.35 bits per heavy atom. The van der Waals surface area contributed by atoms with Crippen LogP contribution in [0.1, 0.15) is 12.8 Å². The number of carbonyl (C=O) groups is 1. The number of pyridine rings is 1. The number of hydrogen-bond acceptors (Lipinski definition) is 7. The molecule has 0 spiro atoms. The van der Waals surface area contributed by atoms with E-state index in [0.717, 1.165) is 0 Å². The van der Waals surface area contributed by atoms with Gasteiger partial charge in [0, 0.05) is 81.4 Å². The number of carbonyl (C=O) groups excluding carboxylic acids is 1. The predicted molar refractivity (Wildman–Crippen MR) is 130 cm³/mol. The second-order valence-electron chi connectivity index (χ2n) is 7.84. The van der Waals surface area contributed by atoms with E-state index >= 15 is 0 Å². The highest BCUT2D eigenvalue weighted by atomic mass is 35.5. The van der Waals surface area contributed by atoms with E-state index in [1.165, 1.54) is 15.9 Å². The number of nitrogens with zero attached hydrogens (tertiary/aromatic N) is 3. The maximum absolute atomic E-state index is 14.7. The first-order valence-corrected chi connectivity index (χ1v) is 11.8. The summed E-state index contributed by atoms with van der Waals surface area (Å²) in [6, 6.07) is 8.45. The van der Waals surface area contributed by atoms with Crippen LogP contribution >= 0.6 is 24.8 Å². The van der Waals surface area contributed by atoms with Gasteiger partial charge in [-0.1, -0.05) is 6.07 Å². The van der Waals surface area contributed by atoms with E-state index in [4.69, 9.17) is 9.94 Å². The van der Waals surface area contributed by atoms with E-state index in [1.807, 2.05) is 4.90 Å². The molecule has 1 aromatic carbocycles. The summed E-state index contributed by atoms with van der Waals surface area (Å²) < 4.78 is 46.3. The molecule has 1 aromatic heterocycles. The molecule has 1 amide bonds. The van der Waals surface area contributed by atoms with Crippen molar-refractivity contribution >= 4 is 46.4 Å². The molecule has 0 unspecified atom stereocenters. The maximum Gasteiger partial charge on any atom is 0.266 e. The van der Waals surface area contributed by atoms with Crippen LogP contribution in [0, 0.1) is 5.82 Å². The standard InChI is InChI=1S/C21H25FN4O5S.2ClH/c22-19-14-17(3-4-18(19)16-2-1-7-23-15-16)25-8-10-26(11-9-25)32(29,30)21(20(27)24-28)5-12-31-13-6-21;;/h1-4,7,14-15,28H,5-6,8-13H2,(H,24,27);2*1H. The maximum atomic E-state index is 14.7. The first-order chi connectivity index (χ1) is 15.4. The van der Waals surface area contributed by atoms with Gasteiger partial charge >= 0.3 is 0 Å². The highest BCUT2D eigenvalue weighted by Crippen LogP contribution is 2.34. The Kier molecular flexibility index (Phi) is 9.63. The monoisotopic (exact) mass is 536 g/mol. The highest BCUT2D eigenvalue weighted by molar-refractivity contribution is 7.91. The molecule has 9 nitrogen and oxygen atoms in total. The third kappa shape index (κ3) is 5.14. The van der Waals surface area contributed by atoms with E-state index in [0.29, 0.717) is 29.9 Å². The lowest BCUT2D eigenvalue weighted by Gasteiger charge is -2.42. The number of anilines is 1. The minimum atomic E-state index is -4.04. The summed E-state index contributed by atoms with van der Waals surface area (Å²) in [5, 5.41) is 9.16. The second-order valence-corrected chi connectivity index (χ2v) is 10.1. The number of amides is 1. The van der Waals surface area contributed by atoms with E-state index in [9.17, 15) is 17.6 Å². The number of ether oxygens (including phenoxy) is 1. The summed E-state index contributed by atoms with van der Waals surface area (Å²) >= 11 is 0. The molecule has 13 heteroatoms. The molecule has 2 fully saturated rings. The zero-order valence-electron chi connectivity index (χ0n) is 18.2. The number of rotatable bonds is 5. The molecule has 2 N–H and O–H groups in total. The Morgan fingerprint density at radius 1 is 1.12 bits per heavy atom. The Hall–Kier alpha value is -2.02. The van der Waals surface area contributed by atoms with E-state index in [-0.39, 0.29) is 69.8 Å². The summed E-state index contributed by atoms with van der Waals surface area (Å²) in [7, 11) is -4.04. The summed E-state index contributed by atoms with van der Waals surface area (Å²) in [5.41, 5.74) is 3.30. The highest BCUT2D eigenvalue weighted by Gasteiger charge is 2.54. The molecule has 188 valence electrons. The fourth-order valence-corrected chi connectivity index (χ4v) is 6.40. The van der Waals surface area contributed by atoms with Crippen LogP contribution in [-0.2, 0) is 19.6 Å². The molecule has 34 heavy (non-hydrogen) atoms. The fraction of sp³-hybridized carbons (Fsp3) is 0.429. The third-order valence-electron chi connectivity index (χ3n) is 6.18. The van der Waals surface area contributed by atoms with Crippen molar-refractivity contribution < 1.29 is 27.5 Å². The Morgan fingerprint density at radius 2 is 1.79 bits per heavy atom. The fourth-order valence-electron chi connectivity index (χ4n) is 4.30. The molecule has 0 aliphatic carbocycles. The van der Waals surface area contributed by atoms with Crippen molar-refractivity contribution in [3.8, 4) is 11.1 Å². The van der Waals surface area contributed by atoms with Crippen molar-refractivity contribution in [3.63, 3.8) is 0 Å². The average molecular weight is 537 g/mol. The van der Waals surface area contributed by atoms with Gasteiger partial charge in [-0.25, -0.2) is 18.3 Å². The molecule has 4 rings (SSSR count). The smallest absolute Gasteiger partial charge is 0.266 e. The number of halogens is 3. The molecular formula is C21H27Cl2FN4O5S. The second kappa shape index (κ2) is 11.6. The quantitative estimate of drug-likeness (QED) is 0.445. The van der Waals surface area contributed by atoms with Crippen LogP contribution in [0.4, 0.5) is 10.1 Å². The number of benzene rings is 1. The van der Waals surface area contributed by atoms with Crippen LogP contribution in [0.2, 0.25) is 0 Å². The predicted octanol–water partition coefficient (Wildman–Crippen LogP) is 2.24. The van der Waals surface area contributed by atoms with Crippen LogP contribution in [0.5, 0.6) is 0 Å². The van der Waals surface area contributed by atoms with E-state index in [2.05, 4.69) is 4.98 Å². The van der Waals surface area contributed by atoms with Gasteiger partial charge in [-0.15, -0.1) is 24.8 Å². The van der Waals surface area contributed by atoms with Gasteiger partial charge in [0.15, 0.2) is 4.75 Å².